The number of nitrogens with two attached hydrogens (primary N) is 1. The highest BCUT2D eigenvalue weighted by Gasteiger charge is 2.28. The van der Waals surface area contributed by atoms with Crippen molar-refractivity contribution in [1.82, 2.24) is 4.90 Å². The highest BCUT2D eigenvalue weighted by Crippen LogP contribution is 2.25. The molecule has 104 valence electrons. The monoisotopic (exact) mass is 284 g/mol. The van der Waals surface area contributed by atoms with Gasteiger partial charge in [-0.1, -0.05) is 11.6 Å². The zero-order valence-corrected chi connectivity index (χ0v) is 11.7. The number of benzene rings is 1. The van der Waals surface area contributed by atoms with Gasteiger partial charge in [-0.25, -0.2) is 4.39 Å². The molecular formula is C14H18ClFN2O. The highest BCUT2D eigenvalue weighted by atomic mass is 35.5. The summed E-state index contributed by atoms with van der Waals surface area (Å²) in [5.41, 5.74) is 6.50. The van der Waals surface area contributed by atoms with Crippen molar-refractivity contribution >= 4 is 17.5 Å². The number of piperidine rings is 1. The van der Waals surface area contributed by atoms with Crippen LogP contribution in [-0.4, -0.2) is 29.9 Å². The van der Waals surface area contributed by atoms with E-state index in [1.807, 2.05) is 0 Å². The summed E-state index contributed by atoms with van der Waals surface area (Å²) < 4.78 is 13.4. The van der Waals surface area contributed by atoms with Gasteiger partial charge in [-0.15, -0.1) is 0 Å². The Morgan fingerprint density at radius 1 is 1.53 bits per heavy atom. The number of hydrogen-bond donors (Lipinski definition) is 1. The maximum Gasteiger partial charge on any atom is 0.255 e. The van der Waals surface area contributed by atoms with E-state index >= 15 is 0 Å². The fourth-order valence-corrected chi connectivity index (χ4v) is 2.72. The van der Waals surface area contributed by atoms with Crippen LogP contribution in [-0.2, 0) is 0 Å². The molecule has 2 N–H and O–H groups in total. The van der Waals surface area contributed by atoms with Crippen LogP contribution in [0.25, 0.3) is 0 Å². The van der Waals surface area contributed by atoms with Crippen LogP contribution >= 0.6 is 11.6 Å². The molecule has 1 fully saturated rings. The molecule has 0 bridgehead atoms. The molecule has 0 aliphatic carbocycles. The van der Waals surface area contributed by atoms with Crippen LogP contribution in [0.5, 0.6) is 0 Å². The normalized spacial score (nSPS) is 19.6. The standard InChI is InChI=1S/C14H18ClFN2O/c1-9-6-11(12(15)7-13(9)16)14(19)18-5-3-2-4-10(18)8-17/h6-7,10H,2-5,8,17H2,1H3. The van der Waals surface area contributed by atoms with Crippen LogP contribution in [0, 0.1) is 12.7 Å². The summed E-state index contributed by atoms with van der Waals surface area (Å²) in [7, 11) is 0. The second-order valence-corrected chi connectivity index (χ2v) is 5.37. The first kappa shape index (κ1) is 14.3. The molecular weight excluding hydrogens is 267 g/mol. The summed E-state index contributed by atoms with van der Waals surface area (Å²) in [5, 5.41) is 0.162. The summed E-state index contributed by atoms with van der Waals surface area (Å²) in [5.74, 6) is -0.543. The number of hydrogen-bond acceptors (Lipinski definition) is 2. The van der Waals surface area contributed by atoms with Crippen LogP contribution < -0.4 is 5.73 Å². The molecule has 1 heterocycles. The van der Waals surface area contributed by atoms with Crippen LogP contribution in [0.3, 0.4) is 0 Å². The molecule has 1 saturated heterocycles. The minimum atomic E-state index is -0.393. The Balaban J connectivity index is 2.30. The molecule has 1 aliphatic heterocycles. The lowest BCUT2D eigenvalue weighted by atomic mass is 10.0. The van der Waals surface area contributed by atoms with Gasteiger partial charge in [0.1, 0.15) is 5.82 Å². The minimum absolute atomic E-state index is 0.0580. The lowest BCUT2D eigenvalue weighted by Crippen LogP contribution is -2.47. The minimum Gasteiger partial charge on any atom is -0.334 e. The second kappa shape index (κ2) is 5.88. The maximum atomic E-state index is 13.4. The highest BCUT2D eigenvalue weighted by molar-refractivity contribution is 6.33. The van der Waals surface area contributed by atoms with Crippen molar-refractivity contribution in [2.45, 2.75) is 32.2 Å². The van der Waals surface area contributed by atoms with Crippen molar-refractivity contribution in [3.63, 3.8) is 0 Å². The van der Waals surface area contributed by atoms with Crippen LogP contribution in [0.2, 0.25) is 5.02 Å². The third kappa shape index (κ3) is 2.90. The fourth-order valence-electron chi connectivity index (χ4n) is 2.49. The first-order valence-electron chi connectivity index (χ1n) is 6.51. The quantitative estimate of drug-likeness (QED) is 0.908. The molecule has 0 aromatic heterocycles. The van der Waals surface area contributed by atoms with Crippen LogP contribution in [0.15, 0.2) is 12.1 Å². The van der Waals surface area contributed by atoms with Gasteiger partial charge in [-0.2, -0.15) is 0 Å². The van der Waals surface area contributed by atoms with E-state index in [-0.39, 0.29) is 17.0 Å². The van der Waals surface area contributed by atoms with Crippen LogP contribution in [0.1, 0.15) is 35.2 Å². The van der Waals surface area contributed by atoms with E-state index in [0.717, 1.165) is 19.3 Å². The molecule has 0 spiro atoms. The number of aryl methyl sites for hydroxylation is 1. The topological polar surface area (TPSA) is 46.3 Å². The molecule has 0 saturated carbocycles. The molecule has 1 unspecified atom stereocenters. The largest absolute Gasteiger partial charge is 0.334 e. The van der Waals surface area contributed by atoms with E-state index in [4.69, 9.17) is 17.3 Å². The van der Waals surface area contributed by atoms with Gasteiger partial charge in [0.15, 0.2) is 0 Å². The molecule has 1 aromatic carbocycles. The number of nitrogens with zero attached hydrogens (tertiary/aromatic N) is 1. The average molecular weight is 285 g/mol. The van der Waals surface area contributed by atoms with E-state index in [2.05, 4.69) is 0 Å². The van der Waals surface area contributed by atoms with Gasteiger partial charge in [0.25, 0.3) is 5.91 Å². The molecule has 1 amide bonds. The summed E-state index contributed by atoms with van der Waals surface area (Å²) in [6, 6.07) is 2.77. The number of carbonyl (C=O) groups excluding carboxylic acids is 1. The summed E-state index contributed by atoms with van der Waals surface area (Å²) in [6.07, 6.45) is 2.97. The first-order chi connectivity index (χ1) is 9.04. The molecule has 0 radical (unpaired) electrons. The third-order valence-corrected chi connectivity index (χ3v) is 3.95. The van der Waals surface area contributed by atoms with Crippen molar-refractivity contribution in [3.05, 3.63) is 34.1 Å². The number of carbonyl (C=O) groups is 1. The number of halogens is 2. The van der Waals surface area contributed by atoms with E-state index in [1.165, 1.54) is 12.1 Å². The van der Waals surface area contributed by atoms with Crippen molar-refractivity contribution < 1.29 is 9.18 Å². The predicted molar refractivity (Wildman–Crippen MR) is 73.9 cm³/mol. The number of likely N-dealkylation sites (tertiary alicyclic amines) is 1. The molecule has 1 atom stereocenters. The third-order valence-electron chi connectivity index (χ3n) is 3.64. The van der Waals surface area contributed by atoms with Crippen molar-refractivity contribution in [2.24, 2.45) is 5.73 Å². The number of rotatable bonds is 2. The van der Waals surface area contributed by atoms with E-state index in [0.29, 0.717) is 24.2 Å². The Kier molecular flexibility index (Phi) is 4.42. The molecule has 3 nitrogen and oxygen atoms in total. The van der Waals surface area contributed by atoms with Gasteiger partial charge in [0.2, 0.25) is 0 Å². The van der Waals surface area contributed by atoms with Crippen molar-refractivity contribution in [3.8, 4) is 0 Å². The smallest absolute Gasteiger partial charge is 0.255 e. The Hall–Kier alpha value is -1.13. The SMILES string of the molecule is Cc1cc(C(=O)N2CCCCC2CN)c(Cl)cc1F. The van der Waals surface area contributed by atoms with Crippen molar-refractivity contribution in [2.75, 3.05) is 13.1 Å². The van der Waals surface area contributed by atoms with E-state index < -0.39 is 5.82 Å². The number of amides is 1. The maximum absolute atomic E-state index is 13.4. The van der Waals surface area contributed by atoms with Gasteiger partial charge >= 0.3 is 0 Å². The van der Waals surface area contributed by atoms with Crippen molar-refractivity contribution in [1.29, 1.82) is 0 Å². The summed E-state index contributed by atoms with van der Waals surface area (Å²) in [4.78, 5) is 14.3. The summed E-state index contributed by atoms with van der Waals surface area (Å²) in [6.45, 7) is 2.76. The zero-order valence-electron chi connectivity index (χ0n) is 11.0. The summed E-state index contributed by atoms with van der Waals surface area (Å²) >= 11 is 5.99. The van der Waals surface area contributed by atoms with E-state index in [9.17, 15) is 9.18 Å². The van der Waals surface area contributed by atoms with Crippen LogP contribution in [0.4, 0.5) is 4.39 Å². The fraction of sp³-hybridized carbons (Fsp3) is 0.500. The lowest BCUT2D eigenvalue weighted by molar-refractivity contribution is 0.0623. The molecule has 19 heavy (non-hydrogen) atoms. The predicted octanol–water partition coefficient (Wildman–Crippen LogP) is 2.74. The van der Waals surface area contributed by atoms with Gasteiger partial charge in [-0.3, -0.25) is 4.79 Å². The van der Waals surface area contributed by atoms with E-state index in [1.54, 1.807) is 11.8 Å². The molecule has 1 aliphatic rings. The zero-order chi connectivity index (χ0) is 14.0. The van der Waals surface area contributed by atoms with Gasteiger partial charge in [0, 0.05) is 19.1 Å². The Labute approximate surface area is 117 Å². The molecule has 5 heteroatoms. The molecule has 1 aromatic rings. The Bertz CT molecular complexity index is 493. The Morgan fingerprint density at radius 2 is 2.26 bits per heavy atom. The first-order valence-corrected chi connectivity index (χ1v) is 6.89. The Morgan fingerprint density at radius 3 is 2.95 bits per heavy atom. The second-order valence-electron chi connectivity index (χ2n) is 4.97. The molecule has 2 rings (SSSR count). The lowest BCUT2D eigenvalue weighted by Gasteiger charge is -2.35. The average Bonchev–Trinajstić information content (AvgIpc) is 2.42. The van der Waals surface area contributed by atoms with Gasteiger partial charge in [-0.05, 0) is 43.9 Å². The van der Waals surface area contributed by atoms with Gasteiger partial charge < -0.3 is 10.6 Å². The van der Waals surface area contributed by atoms with Gasteiger partial charge in [0.05, 0.1) is 10.6 Å².